The van der Waals surface area contributed by atoms with Crippen LogP contribution in [0.25, 0.3) is 33.5 Å². The summed E-state index contributed by atoms with van der Waals surface area (Å²) in [5, 5.41) is 25.9. The molecule has 7 N–H and O–H groups in total. The molecule has 3 aliphatic heterocycles. The Morgan fingerprint density at radius 1 is 0.564 bits per heavy atom. The van der Waals surface area contributed by atoms with Gasteiger partial charge < -0.3 is 55.8 Å². The minimum atomic E-state index is -0.492. The summed E-state index contributed by atoms with van der Waals surface area (Å²) in [6, 6.07) is 51.8. The van der Waals surface area contributed by atoms with E-state index in [1.54, 1.807) is 67.5 Å². The number of carbonyl (C=O) groups excluding carboxylic acids is 5. The van der Waals surface area contributed by atoms with Crippen LogP contribution in [0.1, 0.15) is 125 Å². The molecule has 101 heavy (non-hydrogen) atoms. The third-order valence-corrected chi connectivity index (χ3v) is 19.6. The Morgan fingerprint density at radius 3 is 1.58 bits per heavy atom. The Hall–Kier alpha value is -11.3. The van der Waals surface area contributed by atoms with Gasteiger partial charge in [0.05, 0.1) is 32.0 Å². The molecule has 0 spiro atoms. The number of allylic oxidation sites excluding steroid dienone is 3. The molecule has 520 valence electrons. The molecule has 0 radical (unpaired) electrons. The number of aryl methyl sites for hydroxylation is 1. The molecular formula is C83H88N8O10. The molecule has 8 aromatic rings. The number of nitrogens with one attached hydrogen (secondary N) is 4. The standard InChI is InChI=1S/C29H30N2O3.C28H29N3O4.C26H29N3O3/c1-20(30)22-12-10-21(11-13-22)19-26(29(33)34-2)27-9-6-18-31(27)28(32)25-16-14-24(15-17-25)23-7-4-3-5-8-23;1-18(29)22-6-3-5-19(15-22)16-24(28(34)35-2)25-7-4-14-31(25)27(33)21-10-8-20(9-11-21)23-12-13-26(32)30-17-23;1-17(27)20-9-12-24(30)21(15-20)8-11-23-3-2-14-29(23)26(32)19-6-4-18(5-7-19)22-10-13-25(31)28-16-22/h3-5,7-8,10-17,26-27H,1,6,9,18-19,30H2,2H3;3,5-6,8-13,15,17,24-25,29H,4,7,14,16H2,1-2H3,(H,30,32);4-6,9-10,12-13,15-16,19,23,27,30H,2-3,7-8,11,14H2,1H3,(H,28,31)/t26?,27-;24?,25-;19?,23-/m111/s1. The first kappa shape index (κ1) is 72.5. The minimum absolute atomic E-state index is 0.0502. The molecular weight excluding hydrogens is 1270 g/mol. The van der Waals surface area contributed by atoms with Crippen molar-refractivity contribution in [2.45, 2.75) is 103 Å². The number of hydrogen-bond donors (Lipinski definition) is 6. The Balaban J connectivity index is 0.000000164. The molecule has 12 rings (SSSR count). The Morgan fingerprint density at radius 2 is 1.06 bits per heavy atom. The highest BCUT2D eigenvalue weighted by atomic mass is 16.5. The molecule has 3 saturated heterocycles. The first-order valence-electron chi connectivity index (χ1n) is 34.4. The second-order valence-corrected chi connectivity index (χ2v) is 26.2. The van der Waals surface area contributed by atoms with Crippen LogP contribution in [-0.2, 0) is 43.1 Å². The van der Waals surface area contributed by atoms with Crippen molar-refractivity contribution in [3.63, 3.8) is 0 Å². The lowest BCUT2D eigenvalue weighted by Gasteiger charge is -2.30. The number of esters is 2. The fraction of sp³-hybridized carbons (Fsp3) is 0.289. The maximum absolute atomic E-state index is 13.5. The summed E-state index contributed by atoms with van der Waals surface area (Å²) in [4.78, 5) is 99.3. The van der Waals surface area contributed by atoms with E-state index < -0.39 is 11.8 Å². The van der Waals surface area contributed by atoms with Crippen molar-refractivity contribution >= 4 is 52.4 Å². The van der Waals surface area contributed by atoms with E-state index in [1.165, 1.54) is 26.4 Å². The first-order valence-corrected chi connectivity index (χ1v) is 34.4. The van der Waals surface area contributed by atoms with Crippen LogP contribution >= 0.6 is 0 Å². The van der Waals surface area contributed by atoms with Gasteiger partial charge in [0.2, 0.25) is 17.0 Å². The molecule has 3 fully saturated rings. The van der Waals surface area contributed by atoms with Crippen LogP contribution in [0.15, 0.2) is 217 Å². The number of aromatic amines is 2. The number of hydrogen-bond acceptors (Lipinski definition) is 13. The number of phenolic OH excluding ortho intramolecular Hbond substituents is 1. The van der Waals surface area contributed by atoms with Crippen molar-refractivity contribution < 1.29 is 38.6 Å². The van der Waals surface area contributed by atoms with Crippen LogP contribution in [0.2, 0.25) is 0 Å². The van der Waals surface area contributed by atoms with E-state index in [1.807, 2.05) is 143 Å². The van der Waals surface area contributed by atoms with Gasteiger partial charge in [0.15, 0.2) is 0 Å². The summed E-state index contributed by atoms with van der Waals surface area (Å²) in [6.45, 7) is 9.22. The maximum atomic E-state index is 13.5. The number of H-pyrrole nitrogens is 2. The number of nitrogens with two attached hydrogens (primary N) is 1. The van der Waals surface area contributed by atoms with Gasteiger partial charge >= 0.3 is 11.9 Å². The van der Waals surface area contributed by atoms with Crippen LogP contribution < -0.4 is 16.9 Å². The van der Waals surface area contributed by atoms with E-state index in [4.69, 9.17) is 26.0 Å². The number of phenols is 1. The summed E-state index contributed by atoms with van der Waals surface area (Å²) in [6.07, 6.45) is 17.5. The average molecular weight is 1360 g/mol. The molecule has 3 unspecified atom stereocenters. The highest BCUT2D eigenvalue weighted by molar-refractivity contribution is 5.98. The van der Waals surface area contributed by atoms with Crippen molar-refractivity contribution in [2.24, 2.45) is 23.5 Å². The number of ether oxygens (including phenoxy) is 2. The molecule has 2 aromatic heterocycles. The zero-order chi connectivity index (χ0) is 71.7. The zero-order valence-corrected chi connectivity index (χ0v) is 57.7. The molecule has 6 atom stereocenters. The summed E-state index contributed by atoms with van der Waals surface area (Å²) in [5.74, 6) is -1.48. The van der Waals surface area contributed by atoms with E-state index in [2.05, 4.69) is 22.6 Å². The van der Waals surface area contributed by atoms with Crippen LogP contribution in [0.5, 0.6) is 5.75 Å². The van der Waals surface area contributed by atoms with E-state index in [0.717, 1.165) is 118 Å². The van der Waals surface area contributed by atoms with Gasteiger partial charge in [-0.1, -0.05) is 122 Å². The van der Waals surface area contributed by atoms with Gasteiger partial charge in [-0.15, -0.1) is 0 Å². The summed E-state index contributed by atoms with van der Waals surface area (Å²) >= 11 is 0. The third-order valence-electron chi connectivity index (χ3n) is 19.6. The lowest BCUT2D eigenvalue weighted by molar-refractivity contribution is -0.148. The predicted molar refractivity (Wildman–Crippen MR) is 395 cm³/mol. The highest BCUT2D eigenvalue weighted by Gasteiger charge is 2.41. The van der Waals surface area contributed by atoms with E-state index in [9.17, 15) is 38.7 Å². The van der Waals surface area contributed by atoms with E-state index in [0.29, 0.717) is 67.0 Å². The average Bonchev–Trinajstić information content (AvgIpc) is 1.75. The first-order chi connectivity index (χ1) is 48.8. The number of methoxy groups -OCH3 is 2. The van der Waals surface area contributed by atoms with Crippen molar-refractivity contribution in [3.8, 4) is 28.0 Å². The summed E-state index contributed by atoms with van der Waals surface area (Å²) in [5.41, 5.74) is 19.2. The van der Waals surface area contributed by atoms with Gasteiger partial charge in [-0.05, 0) is 212 Å². The molecule has 5 heterocycles. The Labute approximate surface area is 589 Å². The normalized spacial score (nSPS) is 17.4. The molecule has 3 amide bonds. The van der Waals surface area contributed by atoms with Crippen molar-refractivity contribution in [3.05, 3.63) is 278 Å². The third kappa shape index (κ3) is 18.3. The van der Waals surface area contributed by atoms with Crippen LogP contribution in [0.4, 0.5) is 0 Å². The van der Waals surface area contributed by atoms with Crippen molar-refractivity contribution in [1.82, 2.24) is 24.7 Å². The van der Waals surface area contributed by atoms with Gasteiger partial charge in [0.25, 0.3) is 11.8 Å². The van der Waals surface area contributed by atoms with Crippen LogP contribution in [-0.4, -0.2) is 123 Å². The zero-order valence-electron chi connectivity index (χ0n) is 57.7. The van der Waals surface area contributed by atoms with Crippen LogP contribution in [0.3, 0.4) is 0 Å². The van der Waals surface area contributed by atoms with E-state index >= 15 is 0 Å². The quantitative estimate of drug-likeness (QED) is 0.0308. The fourth-order valence-corrected chi connectivity index (χ4v) is 14.0. The number of benzene rings is 6. The van der Waals surface area contributed by atoms with Gasteiger partial charge in [0.1, 0.15) is 5.75 Å². The number of rotatable bonds is 20. The second-order valence-electron chi connectivity index (χ2n) is 26.2. The number of pyridine rings is 2. The topological polar surface area (TPSA) is 273 Å². The SMILES string of the molecule is C=C(N)c1ccc(CC(C(=O)OC)[C@H]2CCCN2C(=O)c2ccc(-c3ccccc3)cc2)cc1.CC(=N)c1ccc(O)c(CC[C@H]2CCCN2C(=O)C2C=CC(c3ccc(=O)[nH]c3)=CC2)c1.COC(=O)C(Cc1cccc(C(C)=N)c1)[C@H]1CCCN1C(=O)c1ccc(-c2ccc(=O)[nH]c2)cc1. The molecule has 4 aliphatic rings. The van der Waals surface area contributed by atoms with Gasteiger partial charge in [-0.25, -0.2) is 0 Å². The predicted octanol–water partition coefficient (Wildman–Crippen LogP) is 13.0. The molecule has 6 aromatic carbocycles. The lowest BCUT2D eigenvalue weighted by Crippen LogP contribution is -2.44. The summed E-state index contributed by atoms with van der Waals surface area (Å²) < 4.78 is 10.3. The van der Waals surface area contributed by atoms with Crippen LogP contribution in [0, 0.1) is 28.6 Å². The molecule has 0 saturated carbocycles. The minimum Gasteiger partial charge on any atom is -0.508 e. The monoisotopic (exact) mass is 1360 g/mol. The lowest BCUT2D eigenvalue weighted by atomic mass is 9.89. The number of aromatic nitrogens is 2. The molecule has 18 heteroatoms. The molecule has 18 nitrogen and oxygen atoms in total. The number of nitrogens with zero attached hydrogens (tertiary/aromatic N) is 3. The number of amides is 3. The van der Waals surface area contributed by atoms with Gasteiger partial charge in [-0.2, -0.15) is 0 Å². The number of carbonyl (C=O) groups is 5. The molecule has 0 bridgehead atoms. The van der Waals surface area contributed by atoms with Crippen molar-refractivity contribution in [2.75, 3.05) is 33.9 Å². The Kier molecular flexibility index (Phi) is 24.4. The van der Waals surface area contributed by atoms with Gasteiger partial charge in [-0.3, -0.25) is 33.6 Å². The van der Waals surface area contributed by atoms with Gasteiger partial charge in [0, 0.05) is 90.5 Å². The number of aromatic hydroxyl groups is 1. The molecule has 1 aliphatic carbocycles. The number of likely N-dealkylation sites (tertiary alicyclic amines) is 3. The summed E-state index contributed by atoms with van der Waals surface area (Å²) in [7, 11) is 2.78. The van der Waals surface area contributed by atoms with Crippen molar-refractivity contribution in [1.29, 1.82) is 10.8 Å². The van der Waals surface area contributed by atoms with E-state index in [-0.39, 0.29) is 70.6 Å². The Bertz CT molecular complexity index is 4460. The smallest absolute Gasteiger partial charge is 0.311 e. The largest absolute Gasteiger partial charge is 0.508 e. The highest BCUT2D eigenvalue weighted by Crippen LogP contribution is 2.35. The fourth-order valence-electron chi connectivity index (χ4n) is 14.0. The second kappa shape index (κ2) is 34.0. The maximum Gasteiger partial charge on any atom is 0.311 e.